The number of amides is 1. The largest absolute Gasteiger partial charge is 0.474 e. The van der Waals surface area contributed by atoms with Gasteiger partial charge in [0, 0.05) is 56.7 Å². The first-order chi connectivity index (χ1) is 13.3. The molecule has 3 heterocycles. The van der Waals surface area contributed by atoms with E-state index in [1.54, 1.807) is 18.3 Å². The fourth-order valence-corrected chi connectivity index (χ4v) is 3.80. The number of piperazine rings is 1. The lowest BCUT2D eigenvalue weighted by molar-refractivity contribution is 0.0626. The Morgan fingerprint density at radius 2 is 1.85 bits per heavy atom. The fourth-order valence-electron chi connectivity index (χ4n) is 3.80. The number of hydrogen-bond acceptors (Lipinski definition) is 5. The second-order valence-corrected chi connectivity index (χ2v) is 7.30. The van der Waals surface area contributed by atoms with Crippen LogP contribution in [0.5, 0.6) is 5.88 Å². The summed E-state index contributed by atoms with van der Waals surface area (Å²) < 4.78 is 5.94. The maximum Gasteiger partial charge on any atom is 0.254 e. The van der Waals surface area contributed by atoms with E-state index >= 15 is 0 Å². The van der Waals surface area contributed by atoms with Crippen molar-refractivity contribution in [3.05, 3.63) is 54.0 Å². The van der Waals surface area contributed by atoms with Gasteiger partial charge in [0.05, 0.1) is 5.69 Å². The molecular weight excluding hydrogens is 340 g/mol. The average molecular weight is 366 g/mol. The van der Waals surface area contributed by atoms with Gasteiger partial charge in [-0.15, -0.1) is 0 Å². The molecule has 2 aliphatic rings. The highest BCUT2D eigenvalue weighted by atomic mass is 16.5. The maximum absolute atomic E-state index is 12.9. The van der Waals surface area contributed by atoms with Gasteiger partial charge in [0.2, 0.25) is 5.88 Å². The van der Waals surface area contributed by atoms with E-state index in [1.807, 2.05) is 29.3 Å². The topological polar surface area (TPSA) is 58.6 Å². The number of hydrogen-bond donors (Lipinski definition) is 0. The van der Waals surface area contributed by atoms with Crippen LogP contribution in [0.1, 0.15) is 41.7 Å². The molecule has 6 nitrogen and oxygen atoms in total. The van der Waals surface area contributed by atoms with Crippen LogP contribution in [-0.2, 0) is 6.54 Å². The van der Waals surface area contributed by atoms with Gasteiger partial charge in [0.15, 0.2) is 0 Å². The van der Waals surface area contributed by atoms with E-state index in [2.05, 4.69) is 14.9 Å². The Morgan fingerprint density at radius 3 is 2.59 bits per heavy atom. The first-order valence-electron chi connectivity index (χ1n) is 9.82. The van der Waals surface area contributed by atoms with Crippen LogP contribution in [-0.4, -0.2) is 58.0 Å². The Bertz CT molecular complexity index is 754. The van der Waals surface area contributed by atoms with Crippen molar-refractivity contribution in [2.75, 3.05) is 26.2 Å². The molecule has 1 saturated heterocycles. The van der Waals surface area contributed by atoms with Gasteiger partial charge in [-0.1, -0.05) is 6.07 Å². The van der Waals surface area contributed by atoms with Gasteiger partial charge in [-0.3, -0.25) is 14.7 Å². The fraction of sp³-hybridized carbons (Fsp3) is 0.476. The molecule has 1 amide bonds. The van der Waals surface area contributed by atoms with Gasteiger partial charge >= 0.3 is 0 Å². The minimum atomic E-state index is 0.0613. The average Bonchev–Trinajstić information content (AvgIpc) is 3.22. The van der Waals surface area contributed by atoms with Crippen molar-refractivity contribution in [2.45, 2.75) is 38.3 Å². The van der Waals surface area contributed by atoms with Gasteiger partial charge in [-0.2, -0.15) is 0 Å². The lowest BCUT2D eigenvalue weighted by Gasteiger charge is -2.34. The number of nitrogens with zero attached hydrogens (tertiary/aromatic N) is 4. The standard InChI is InChI=1S/C21H26N4O2/c26-21(17-8-10-23-20(15-17)27-19-6-1-2-7-19)25-13-11-24(12-14-25)16-18-5-3-4-9-22-18/h3-5,8-10,15,19H,1-2,6-7,11-14,16H2. The van der Waals surface area contributed by atoms with Crippen LogP contribution < -0.4 is 4.74 Å². The number of carbonyl (C=O) groups is 1. The Balaban J connectivity index is 1.32. The van der Waals surface area contributed by atoms with Crippen LogP contribution in [0, 0.1) is 0 Å². The lowest BCUT2D eigenvalue weighted by Crippen LogP contribution is -2.48. The highest BCUT2D eigenvalue weighted by Gasteiger charge is 2.23. The van der Waals surface area contributed by atoms with Crippen LogP contribution in [0.4, 0.5) is 0 Å². The summed E-state index contributed by atoms with van der Waals surface area (Å²) in [5, 5.41) is 0. The zero-order valence-corrected chi connectivity index (χ0v) is 15.6. The number of aromatic nitrogens is 2. The second kappa shape index (κ2) is 8.48. The van der Waals surface area contributed by atoms with Crippen molar-refractivity contribution in [2.24, 2.45) is 0 Å². The van der Waals surface area contributed by atoms with Crippen LogP contribution >= 0.6 is 0 Å². The summed E-state index contributed by atoms with van der Waals surface area (Å²) in [6.45, 7) is 4.01. The third-order valence-electron chi connectivity index (χ3n) is 5.34. The SMILES string of the molecule is O=C(c1ccnc(OC2CCCC2)c1)N1CCN(Cc2ccccn2)CC1. The molecule has 2 fully saturated rings. The molecule has 0 radical (unpaired) electrons. The Morgan fingerprint density at radius 1 is 1.04 bits per heavy atom. The molecule has 0 spiro atoms. The summed E-state index contributed by atoms with van der Waals surface area (Å²) in [7, 11) is 0. The van der Waals surface area contributed by atoms with Crippen molar-refractivity contribution in [3.63, 3.8) is 0 Å². The van der Waals surface area contributed by atoms with Crippen molar-refractivity contribution in [3.8, 4) is 5.88 Å². The lowest BCUT2D eigenvalue weighted by atomic mass is 10.2. The second-order valence-electron chi connectivity index (χ2n) is 7.30. The van der Waals surface area contributed by atoms with Gasteiger partial charge in [-0.25, -0.2) is 4.98 Å². The quantitative estimate of drug-likeness (QED) is 0.814. The van der Waals surface area contributed by atoms with Crippen LogP contribution in [0.25, 0.3) is 0 Å². The molecule has 6 heteroatoms. The molecule has 0 aromatic carbocycles. The molecule has 2 aromatic heterocycles. The van der Waals surface area contributed by atoms with E-state index in [-0.39, 0.29) is 12.0 Å². The summed E-state index contributed by atoms with van der Waals surface area (Å²) in [6, 6.07) is 9.56. The molecule has 1 aliphatic heterocycles. The van der Waals surface area contributed by atoms with Crippen molar-refractivity contribution < 1.29 is 9.53 Å². The van der Waals surface area contributed by atoms with E-state index in [0.29, 0.717) is 11.4 Å². The molecule has 1 aliphatic carbocycles. The molecule has 0 unspecified atom stereocenters. The molecule has 0 N–H and O–H groups in total. The molecule has 27 heavy (non-hydrogen) atoms. The normalized spacial score (nSPS) is 18.6. The molecule has 1 saturated carbocycles. The van der Waals surface area contributed by atoms with E-state index in [0.717, 1.165) is 51.3 Å². The van der Waals surface area contributed by atoms with Gasteiger partial charge in [-0.05, 0) is 43.9 Å². The number of pyridine rings is 2. The minimum absolute atomic E-state index is 0.0613. The molecule has 4 rings (SSSR count). The highest BCUT2D eigenvalue weighted by molar-refractivity contribution is 5.94. The molecule has 0 atom stereocenters. The van der Waals surface area contributed by atoms with Crippen LogP contribution in [0.2, 0.25) is 0 Å². The Labute approximate surface area is 160 Å². The summed E-state index contributed by atoms with van der Waals surface area (Å²) in [4.78, 5) is 25.8. The third kappa shape index (κ3) is 4.63. The predicted molar refractivity (Wildman–Crippen MR) is 103 cm³/mol. The van der Waals surface area contributed by atoms with E-state index in [4.69, 9.17) is 4.74 Å². The van der Waals surface area contributed by atoms with Crippen LogP contribution in [0.3, 0.4) is 0 Å². The van der Waals surface area contributed by atoms with Crippen LogP contribution in [0.15, 0.2) is 42.7 Å². The minimum Gasteiger partial charge on any atom is -0.474 e. The first kappa shape index (κ1) is 17.9. The molecule has 0 bridgehead atoms. The van der Waals surface area contributed by atoms with E-state index < -0.39 is 0 Å². The first-order valence-corrected chi connectivity index (χ1v) is 9.82. The molecular formula is C21H26N4O2. The van der Waals surface area contributed by atoms with Gasteiger partial charge in [0.25, 0.3) is 5.91 Å². The van der Waals surface area contributed by atoms with E-state index in [9.17, 15) is 4.79 Å². The summed E-state index contributed by atoms with van der Waals surface area (Å²) in [5.41, 5.74) is 1.73. The smallest absolute Gasteiger partial charge is 0.254 e. The zero-order valence-electron chi connectivity index (χ0n) is 15.6. The van der Waals surface area contributed by atoms with Gasteiger partial charge < -0.3 is 9.64 Å². The highest BCUT2D eigenvalue weighted by Crippen LogP contribution is 2.23. The Kier molecular flexibility index (Phi) is 5.63. The zero-order chi connectivity index (χ0) is 18.5. The van der Waals surface area contributed by atoms with Crippen molar-refractivity contribution >= 4 is 5.91 Å². The summed E-state index contributed by atoms with van der Waals surface area (Å²) >= 11 is 0. The van der Waals surface area contributed by atoms with Gasteiger partial charge in [0.1, 0.15) is 6.10 Å². The molecule has 142 valence electrons. The predicted octanol–water partition coefficient (Wildman–Crippen LogP) is 2.76. The maximum atomic E-state index is 12.9. The number of rotatable bonds is 5. The summed E-state index contributed by atoms with van der Waals surface area (Å²) in [5.74, 6) is 0.632. The monoisotopic (exact) mass is 366 g/mol. The van der Waals surface area contributed by atoms with Crippen molar-refractivity contribution in [1.82, 2.24) is 19.8 Å². The van der Waals surface area contributed by atoms with Crippen molar-refractivity contribution in [1.29, 1.82) is 0 Å². The third-order valence-corrected chi connectivity index (χ3v) is 5.34. The summed E-state index contributed by atoms with van der Waals surface area (Å²) in [6.07, 6.45) is 8.34. The number of carbonyl (C=O) groups excluding carboxylic acids is 1. The number of ether oxygens (including phenoxy) is 1. The van der Waals surface area contributed by atoms with E-state index in [1.165, 1.54) is 12.8 Å². The molecule has 2 aromatic rings. The Hall–Kier alpha value is -2.47.